The summed E-state index contributed by atoms with van der Waals surface area (Å²) in [6, 6.07) is 10.5. The van der Waals surface area contributed by atoms with Crippen LogP contribution in [0.1, 0.15) is 16.7 Å². The second kappa shape index (κ2) is 11.0. The number of sulfonamides is 1. The van der Waals surface area contributed by atoms with E-state index >= 15 is 0 Å². The molecule has 1 aliphatic heterocycles. The van der Waals surface area contributed by atoms with Crippen molar-refractivity contribution in [2.75, 3.05) is 26.0 Å². The lowest BCUT2D eigenvalue weighted by Crippen LogP contribution is -2.34. The number of rotatable bonds is 7. The molecule has 2 aromatic carbocycles. The van der Waals surface area contributed by atoms with Crippen molar-refractivity contribution < 1.29 is 13.2 Å². The highest BCUT2D eigenvalue weighted by molar-refractivity contribution is 14.2. The zero-order chi connectivity index (χ0) is 23.5. The normalized spacial score (nSPS) is 14.6. The lowest BCUT2D eigenvalue weighted by molar-refractivity contribution is -0.115. The van der Waals surface area contributed by atoms with Crippen LogP contribution in [0.15, 0.2) is 45.7 Å². The Morgan fingerprint density at radius 1 is 1.31 bits per heavy atom. The Bertz CT molecular complexity index is 1140. The van der Waals surface area contributed by atoms with Crippen molar-refractivity contribution in [3.05, 3.63) is 58.1 Å². The Morgan fingerprint density at radius 3 is 2.69 bits per heavy atom. The van der Waals surface area contributed by atoms with Crippen LogP contribution in [0.4, 0.5) is 5.69 Å². The van der Waals surface area contributed by atoms with Gasteiger partial charge in [0.05, 0.1) is 11.3 Å². The van der Waals surface area contributed by atoms with Gasteiger partial charge >= 0.3 is 0 Å². The molecule has 172 valence electrons. The van der Waals surface area contributed by atoms with Crippen LogP contribution in [0.5, 0.6) is 0 Å². The van der Waals surface area contributed by atoms with Crippen molar-refractivity contribution >= 4 is 84.7 Å². The number of alkyl halides is 2. The van der Waals surface area contributed by atoms with Crippen LogP contribution < -0.4 is 5.32 Å². The van der Waals surface area contributed by atoms with Crippen molar-refractivity contribution in [1.82, 2.24) is 9.80 Å². The van der Waals surface area contributed by atoms with Gasteiger partial charge in [-0.05, 0) is 41.3 Å². The van der Waals surface area contributed by atoms with Crippen molar-refractivity contribution in [3.63, 3.8) is 0 Å². The molecule has 11 heteroatoms. The van der Waals surface area contributed by atoms with Crippen molar-refractivity contribution in [3.8, 4) is 0 Å². The van der Waals surface area contributed by atoms with Crippen molar-refractivity contribution in [2.24, 2.45) is 4.40 Å². The summed E-state index contributed by atoms with van der Waals surface area (Å²) in [6.45, 7) is 1.35. The topological polar surface area (TPSA) is 82.1 Å². The quantitative estimate of drug-likeness (QED) is 0.153. The number of nitrogens with one attached hydrogen (secondary N) is 1. The molecule has 0 radical (unpaired) electrons. The maximum Gasteiger partial charge on any atom is 0.284 e. The van der Waals surface area contributed by atoms with E-state index in [9.17, 15) is 13.2 Å². The van der Waals surface area contributed by atoms with Gasteiger partial charge in [-0.25, -0.2) is 0 Å². The Kier molecular flexibility index (Phi) is 8.80. The van der Waals surface area contributed by atoms with E-state index in [4.69, 9.17) is 11.6 Å². The summed E-state index contributed by atoms with van der Waals surface area (Å²) >= 11 is 10.8. The molecule has 32 heavy (non-hydrogen) atoms. The number of carbonyl (C=O) groups excluding carboxylic acids is 1. The standard InChI is InChI=1S/C21H23ClI2N4O3S/c1-27(2)13-25-32(30,31)19-11-16(9-15-12-28(21(23)24)8-7-17(15)19)26-20(29)10-14-5-3-4-6-18(14)22/h3-6,9,11,13,21H,7-8,10,12H2,1-2H3,(H,26,29). The van der Waals surface area contributed by atoms with Crippen LogP contribution in [-0.4, -0.2) is 53.2 Å². The first-order valence-electron chi connectivity index (χ1n) is 9.75. The van der Waals surface area contributed by atoms with Crippen LogP contribution in [0, 0.1) is 0 Å². The zero-order valence-electron chi connectivity index (χ0n) is 17.6. The van der Waals surface area contributed by atoms with Gasteiger partial charge in [0.1, 0.15) is 8.39 Å². The van der Waals surface area contributed by atoms with Gasteiger partial charge in [0.25, 0.3) is 10.0 Å². The Hall–Kier alpha value is -0.960. The average molecular weight is 701 g/mol. The number of fused-ring (bicyclic) bond motifs is 1. The van der Waals surface area contributed by atoms with E-state index in [0.717, 1.165) is 17.7 Å². The number of halogens is 3. The van der Waals surface area contributed by atoms with Gasteiger partial charge in [-0.3, -0.25) is 9.69 Å². The molecule has 0 spiro atoms. The van der Waals surface area contributed by atoms with Crippen LogP contribution >= 0.6 is 56.8 Å². The van der Waals surface area contributed by atoms with Crippen LogP contribution in [0.25, 0.3) is 0 Å². The van der Waals surface area contributed by atoms with Gasteiger partial charge in [-0.15, -0.1) is 4.40 Å². The Morgan fingerprint density at radius 2 is 2.03 bits per heavy atom. The number of hydrogen-bond donors (Lipinski definition) is 1. The number of anilines is 1. The minimum Gasteiger partial charge on any atom is -0.368 e. The zero-order valence-corrected chi connectivity index (χ0v) is 23.4. The van der Waals surface area contributed by atoms with Crippen molar-refractivity contribution in [1.29, 1.82) is 0 Å². The third-order valence-corrected chi connectivity index (χ3v) is 8.12. The molecule has 0 unspecified atom stereocenters. The summed E-state index contributed by atoms with van der Waals surface area (Å²) in [4.78, 5) is 16.6. The monoisotopic (exact) mass is 700 g/mol. The van der Waals surface area contributed by atoms with E-state index in [1.54, 1.807) is 37.2 Å². The van der Waals surface area contributed by atoms with Crippen LogP contribution in [-0.2, 0) is 34.2 Å². The minimum absolute atomic E-state index is 0.0906. The number of nitrogens with zero attached hydrogens (tertiary/aromatic N) is 3. The van der Waals surface area contributed by atoms with Gasteiger partial charge in [-0.2, -0.15) is 8.42 Å². The highest BCUT2D eigenvalue weighted by Gasteiger charge is 2.28. The smallest absolute Gasteiger partial charge is 0.284 e. The summed E-state index contributed by atoms with van der Waals surface area (Å²) in [5, 5.41) is 3.36. The molecule has 3 rings (SSSR count). The Balaban J connectivity index is 1.97. The average Bonchev–Trinajstić information content (AvgIpc) is 2.73. The summed E-state index contributed by atoms with van der Waals surface area (Å²) in [7, 11) is -0.511. The molecule has 7 nitrogen and oxygen atoms in total. The summed E-state index contributed by atoms with van der Waals surface area (Å²) in [5.74, 6) is -0.272. The third kappa shape index (κ3) is 6.55. The molecule has 0 bridgehead atoms. The van der Waals surface area contributed by atoms with E-state index in [1.807, 2.05) is 12.1 Å². The van der Waals surface area contributed by atoms with Gasteiger partial charge < -0.3 is 10.2 Å². The summed E-state index contributed by atoms with van der Waals surface area (Å²) in [6.07, 6.45) is 1.95. The predicted octanol–water partition coefficient (Wildman–Crippen LogP) is 4.31. The first kappa shape index (κ1) is 25.7. The molecule has 0 atom stereocenters. The largest absolute Gasteiger partial charge is 0.368 e. The lowest BCUT2D eigenvalue weighted by Gasteiger charge is -2.31. The highest BCUT2D eigenvalue weighted by atomic mass is 127. The number of amides is 1. The van der Waals surface area contributed by atoms with Crippen LogP contribution in [0.2, 0.25) is 5.02 Å². The molecule has 0 fully saturated rings. The Labute approximate surface area is 220 Å². The maximum absolute atomic E-state index is 13.0. The van der Waals surface area contributed by atoms with Crippen molar-refractivity contribution in [2.45, 2.75) is 26.3 Å². The van der Waals surface area contributed by atoms with E-state index in [0.29, 0.717) is 29.2 Å². The van der Waals surface area contributed by atoms with Crippen LogP contribution in [0.3, 0.4) is 0 Å². The fraction of sp³-hybridized carbons (Fsp3) is 0.333. The molecule has 0 aromatic heterocycles. The summed E-state index contributed by atoms with van der Waals surface area (Å²) in [5.41, 5.74) is 2.77. The molecule has 0 saturated heterocycles. The first-order valence-corrected chi connectivity index (χ1v) is 14.1. The lowest BCUT2D eigenvalue weighted by atomic mass is 9.99. The number of benzene rings is 2. The fourth-order valence-electron chi connectivity index (χ4n) is 3.38. The highest BCUT2D eigenvalue weighted by Crippen LogP contribution is 2.33. The second-order valence-corrected chi connectivity index (χ2v) is 14.3. The van der Waals surface area contributed by atoms with E-state index in [-0.39, 0.29) is 19.3 Å². The van der Waals surface area contributed by atoms with Gasteiger partial charge in [0.2, 0.25) is 5.91 Å². The molecule has 1 aliphatic rings. The second-order valence-electron chi connectivity index (χ2n) is 7.59. The molecule has 2 aromatic rings. The molecule has 1 heterocycles. The van der Waals surface area contributed by atoms with E-state index < -0.39 is 10.0 Å². The molecule has 1 amide bonds. The first-order chi connectivity index (χ1) is 15.1. The molecule has 1 N–H and O–H groups in total. The van der Waals surface area contributed by atoms with E-state index in [2.05, 4.69) is 59.8 Å². The maximum atomic E-state index is 13.0. The minimum atomic E-state index is -3.93. The molecular weight excluding hydrogens is 678 g/mol. The predicted molar refractivity (Wildman–Crippen MR) is 146 cm³/mol. The third-order valence-electron chi connectivity index (χ3n) is 4.89. The number of carbonyl (C=O) groups is 1. The van der Waals surface area contributed by atoms with Gasteiger partial charge in [0, 0.05) is 37.9 Å². The van der Waals surface area contributed by atoms with Gasteiger partial charge in [-0.1, -0.05) is 75.0 Å². The SMILES string of the molecule is CN(C)C=NS(=O)(=O)c1cc(NC(=O)Cc2ccccc2Cl)cc2c1CCN(C(I)I)C2. The molecular formula is C21H23ClI2N4O3S. The molecule has 0 aliphatic carbocycles. The fourth-order valence-corrected chi connectivity index (χ4v) is 5.78. The summed E-state index contributed by atoms with van der Waals surface area (Å²) < 4.78 is 30.1. The molecule has 0 saturated carbocycles. The number of hydrogen-bond acceptors (Lipinski definition) is 4. The van der Waals surface area contributed by atoms with Gasteiger partial charge in [0.15, 0.2) is 0 Å². The van der Waals surface area contributed by atoms with E-state index in [1.165, 1.54) is 12.4 Å².